The molecule has 94 valence electrons. The second-order valence-electron chi connectivity index (χ2n) is 4.08. The predicted octanol–water partition coefficient (Wildman–Crippen LogP) is 4.28. The van der Waals surface area contributed by atoms with Crippen molar-refractivity contribution in [3.05, 3.63) is 70.9 Å². The quantitative estimate of drug-likeness (QED) is 0.520. The first-order valence-corrected chi connectivity index (χ1v) is 6.98. The van der Waals surface area contributed by atoms with E-state index in [4.69, 9.17) is 11.6 Å². The van der Waals surface area contributed by atoms with Gasteiger partial charge in [0.05, 0.1) is 0 Å². The number of fused-ring (bicyclic) bond motifs is 1. The summed E-state index contributed by atoms with van der Waals surface area (Å²) in [7, 11) is 0. The van der Waals surface area contributed by atoms with E-state index in [2.05, 4.69) is 0 Å². The Hall–Kier alpha value is -1.71. The van der Waals surface area contributed by atoms with E-state index in [1.165, 1.54) is 11.8 Å². The normalized spacial score (nSPS) is 10.8. The molecule has 0 aliphatic rings. The average Bonchev–Trinajstić information content (AvgIpc) is 2.45. The minimum atomic E-state index is 0.654. The van der Waals surface area contributed by atoms with Gasteiger partial charge in [0.1, 0.15) is 0 Å². The maximum atomic E-state index is 12.3. The highest BCUT2D eigenvalue weighted by Crippen LogP contribution is 2.27. The number of halogens is 1. The van der Waals surface area contributed by atoms with Gasteiger partial charge < -0.3 is 5.21 Å². The summed E-state index contributed by atoms with van der Waals surface area (Å²) in [6, 6.07) is 18.8. The Morgan fingerprint density at radius 2 is 1.63 bits per heavy atom. The molecule has 4 heteroatoms. The second kappa shape index (κ2) is 5.11. The standard InChI is InChI=1S/C15H10ClNOS/c16-12-6-8-13(9-7-12)19-15-10-5-11-3-1-2-4-14(11)17(15)18/h1-10H. The van der Waals surface area contributed by atoms with Crippen molar-refractivity contribution in [2.75, 3.05) is 0 Å². The van der Waals surface area contributed by atoms with Crippen LogP contribution in [0.15, 0.2) is 70.6 Å². The van der Waals surface area contributed by atoms with E-state index in [-0.39, 0.29) is 0 Å². The molecule has 1 aromatic heterocycles. The molecule has 2 nitrogen and oxygen atoms in total. The molecule has 3 rings (SSSR count). The summed E-state index contributed by atoms with van der Waals surface area (Å²) >= 11 is 7.28. The third-order valence-corrected chi connectivity index (χ3v) is 4.07. The van der Waals surface area contributed by atoms with Crippen molar-refractivity contribution in [1.82, 2.24) is 0 Å². The lowest BCUT2D eigenvalue weighted by molar-refractivity contribution is -0.618. The number of para-hydroxylation sites is 1. The van der Waals surface area contributed by atoms with E-state index in [9.17, 15) is 5.21 Å². The Balaban J connectivity index is 2.01. The molecule has 0 amide bonds. The zero-order valence-corrected chi connectivity index (χ0v) is 11.5. The van der Waals surface area contributed by atoms with Crippen LogP contribution in [0, 0.1) is 5.21 Å². The highest BCUT2D eigenvalue weighted by atomic mass is 35.5. The predicted molar refractivity (Wildman–Crippen MR) is 78.5 cm³/mol. The monoisotopic (exact) mass is 287 g/mol. The Morgan fingerprint density at radius 3 is 2.42 bits per heavy atom. The molecule has 19 heavy (non-hydrogen) atoms. The Bertz CT molecular complexity index is 728. The SMILES string of the molecule is [O-][n+]1c(Sc2ccc(Cl)cc2)ccc2ccccc21. The average molecular weight is 288 g/mol. The lowest BCUT2D eigenvalue weighted by atomic mass is 10.2. The molecule has 0 saturated carbocycles. The maximum Gasteiger partial charge on any atom is 0.256 e. The maximum absolute atomic E-state index is 12.3. The van der Waals surface area contributed by atoms with E-state index in [0.29, 0.717) is 15.6 Å². The van der Waals surface area contributed by atoms with Crippen LogP contribution in [0.3, 0.4) is 0 Å². The molecule has 2 aromatic carbocycles. The lowest BCUT2D eigenvalue weighted by Gasteiger charge is -2.06. The van der Waals surface area contributed by atoms with Crippen LogP contribution in [0.25, 0.3) is 10.9 Å². The second-order valence-corrected chi connectivity index (χ2v) is 5.61. The molecule has 0 aliphatic carbocycles. The third-order valence-electron chi connectivity index (χ3n) is 2.80. The van der Waals surface area contributed by atoms with Gasteiger partial charge in [-0.05, 0) is 48.2 Å². The molecule has 1 heterocycles. The molecule has 0 unspecified atom stereocenters. The van der Waals surface area contributed by atoms with Crippen LogP contribution in [0.5, 0.6) is 0 Å². The number of benzene rings is 2. The first kappa shape index (κ1) is 12.3. The van der Waals surface area contributed by atoms with Gasteiger partial charge in [0.2, 0.25) is 5.52 Å². The number of rotatable bonds is 2. The highest BCUT2D eigenvalue weighted by Gasteiger charge is 2.11. The molecule has 0 radical (unpaired) electrons. The summed E-state index contributed by atoms with van der Waals surface area (Å²) in [5.74, 6) is 0. The molecule has 3 aromatic rings. The Kier molecular flexibility index (Phi) is 3.32. The van der Waals surface area contributed by atoms with Crippen molar-refractivity contribution in [1.29, 1.82) is 0 Å². The molecule has 0 atom stereocenters. The van der Waals surface area contributed by atoms with Gasteiger partial charge in [-0.3, -0.25) is 0 Å². The van der Waals surface area contributed by atoms with Gasteiger partial charge in [0.25, 0.3) is 5.03 Å². The molecular weight excluding hydrogens is 278 g/mol. The summed E-state index contributed by atoms with van der Waals surface area (Å²) in [4.78, 5) is 0.990. The smallest absolute Gasteiger partial charge is 0.256 e. The largest absolute Gasteiger partial charge is 0.617 e. The number of hydrogen-bond acceptors (Lipinski definition) is 2. The topological polar surface area (TPSA) is 26.9 Å². The molecule has 0 bridgehead atoms. The number of nitrogens with zero attached hydrogens (tertiary/aromatic N) is 1. The summed E-state index contributed by atoms with van der Waals surface area (Å²) in [5, 5.41) is 14.6. The van der Waals surface area contributed by atoms with Crippen LogP contribution in [0.1, 0.15) is 0 Å². The van der Waals surface area contributed by atoms with Crippen LogP contribution >= 0.6 is 23.4 Å². The lowest BCUT2D eigenvalue weighted by Crippen LogP contribution is -2.29. The summed E-state index contributed by atoms with van der Waals surface area (Å²) in [6.45, 7) is 0. The highest BCUT2D eigenvalue weighted by molar-refractivity contribution is 7.99. The first-order valence-electron chi connectivity index (χ1n) is 5.79. The van der Waals surface area contributed by atoms with Gasteiger partial charge in [-0.15, -0.1) is 0 Å². The van der Waals surface area contributed by atoms with E-state index < -0.39 is 0 Å². The Labute approximate surface area is 120 Å². The summed E-state index contributed by atoms with van der Waals surface area (Å²) in [5.41, 5.74) is 0.682. The minimum absolute atomic E-state index is 0.654. The van der Waals surface area contributed by atoms with E-state index in [1.807, 2.05) is 60.7 Å². The van der Waals surface area contributed by atoms with Crippen LogP contribution in [-0.4, -0.2) is 0 Å². The van der Waals surface area contributed by atoms with Crippen LogP contribution < -0.4 is 4.73 Å². The number of hydrogen-bond donors (Lipinski definition) is 0. The number of aromatic nitrogens is 1. The van der Waals surface area contributed by atoms with Crippen molar-refractivity contribution in [2.45, 2.75) is 9.92 Å². The molecule has 0 N–H and O–H groups in total. The van der Waals surface area contributed by atoms with Gasteiger partial charge >= 0.3 is 0 Å². The van der Waals surface area contributed by atoms with E-state index in [1.54, 1.807) is 0 Å². The number of pyridine rings is 1. The first-order chi connectivity index (χ1) is 9.24. The van der Waals surface area contributed by atoms with Gasteiger partial charge in [0, 0.05) is 27.4 Å². The van der Waals surface area contributed by atoms with Crippen molar-refractivity contribution < 1.29 is 4.73 Å². The molecular formula is C15H10ClNOS. The Morgan fingerprint density at radius 1 is 0.895 bits per heavy atom. The van der Waals surface area contributed by atoms with Crippen molar-refractivity contribution >= 4 is 34.3 Å². The fourth-order valence-electron chi connectivity index (χ4n) is 1.86. The van der Waals surface area contributed by atoms with E-state index in [0.717, 1.165) is 15.0 Å². The minimum Gasteiger partial charge on any atom is -0.617 e. The van der Waals surface area contributed by atoms with Crippen molar-refractivity contribution in [3.63, 3.8) is 0 Å². The molecule has 0 aliphatic heterocycles. The summed E-state index contributed by atoms with van der Waals surface area (Å²) < 4.78 is 0.967. The van der Waals surface area contributed by atoms with Crippen LogP contribution in [-0.2, 0) is 0 Å². The molecule has 0 saturated heterocycles. The zero-order valence-electron chi connectivity index (χ0n) is 9.92. The van der Waals surface area contributed by atoms with Crippen LogP contribution in [0.4, 0.5) is 0 Å². The van der Waals surface area contributed by atoms with Gasteiger partial charge in [-0.25, -0.2) is 0 Å². The van der Waals surface area contributed by atoms with Gasteiger partial charge in [-0.2, -0.15) is 4.73 Å². The van der Waals surface area contributed by atoms with Gasteiger partial charge in [-0.1, -0.05) is 23.7 Å². The van der Waals surface area contributed by atoms with Crippen molar-refractivity contribution in [2.24, 2.45) is 0 Å². The zero-order chi connectivity index (χ0) is 13.2. The third kappa shape index (κ3) is 2.53. The molecule has 0 spiro atoms. The summed E-state index contributed by atoms with van der Waals surface area (Å²) in [6.07, 6.45) is 0. The van der Waals surface area contributed by atoms with E-state index >= 15 is 0 Å². The van der Waals surface area contributed by atoms with Crippen molar-refractivity contribution in [3.8, 4) is 0 Å². The van der Waals surface area contributed by atoms with Gasteiger partial charge in [0.15, 0.2) is 0 Å². The van der Waals surface area contributed by atoms with Crippen LogP contribution in [0.2, 0.25) is 5.02 Å². The molecule has 0 fully saturated rings. The fraction of sp³-hybridized carbons (Fsp3) is 0. The fourth-order valence-corrected chi connectivity index (χ4v) is 2.82.